The molecule has 0 amide bonds. The number of hydrogen-bond donors (Lipinski definition) is 3. The Bertz CT molecular complexity index is 1180. The molecule has 1 saturated heterocycles. The lowest BCUT2D eigenvalue weighted by Crippen LogP contribution is -2.49. The number of ketones is 1. The lowest BCUT2D eigenvalue weighted by molar-refractivity contribution is 0.0590. The van der Waals surface area contributed by atoms with Crippen LogP contribution >= 0.6 is 0 Å². The lowest BCUT2D eigenvalue weighted by atomic mass is 9.67. The van der Waals surface area contributed by atoms with Crippen LogP contribution in [-0.4, -0.2) is 51.7 Å². The summed E-state index contributed by atoms with van der Waals surface area (Å²) >= 11 is 0. The SMILES string of the molecule is Cc1c(F)cccc1[C@H]1[C@@H](C(=O)c2cccc(O)c2)CN(C[C@@H](C)O)C[C@@H]1c1[c]cccc1O. The molecule has 1 heterocycles. The van der Waals surface area contributed by atoms with E-state index in [9.17, 15) is 24.5 Å². The van der Waals surface area contributed by atoms with Gasteiger partial charge in [0.25, 0.3) is 0 Å². The van der Waals surface area contributed by atoms with E-state index in [0.717, 1.165) is 0 Å². The maximum Gasteiger partial charge on any atom is 0.167 e. The molecule has 0 bridgehead atoms. The van der Waals surface area contributed by atoms with E-state index in [-0.39, 0.29) is 29.0 Å². The van der Waals surface area contributed by atoms with E-state index in [0.29, 0.717) is 41.9 Å². The van der Waals surface area contributed by atoms with Crippen LogP contribution in [0.25, 0.3) is 0 Å². The largest absolute Gasteiger partial charge is 0.508 e. The summed E-state index contributed by atoms with van der Waals surface area (Å²) < 4.78 is 14.7. The molecule has 0 spiro atoms. The summed E-state index contributed by atoms with van der Waals surface area (Å²) in [7, 11) is 0. The fourth-order valence-corrected chi connectivity index (χ4v) is 5.21. The minimum absolute atomic E-state index is 0.00781. The van der Waals surface area contributed by atoms with Crippen molar-refractivity contribution in [2.24, 2.45) is 5.92 Å². The van der Waals surface area contributed by atoms with Crippen LogP contribution in [0.2, 0.25) is 0 Å². The van der Waals surface area contributed by atoms with E-state index >= 15 is 0 Å². The topological polar surface area (TPSA) is 81.0 Å². The summed E-state index contributed by atoms with van der Waals surface area (Å²) in [4.78, 5) is 15.9. The maximum atomic E-state index is 14.7. The molecule has 4 atom stereocenters. The summed E-state index contributed by atoms with van der Waals surface area (Å²) in [5, 5.41) is 30.8. The highest BCUT2D eigenvalue weighted by Gasteiger charge is 2.44. The fraction of sp³-hybridized carbons (Fsp3) is 0.321. The monoisotopic (exact) mass is 462 g/mol. The molecule has 1 aliphatic rings. The van der Waals surface area contributed by atoms with Gasteiger partial charge in [-0.15, -0.1) is 0 Å². The van der Waals surface area contributed by atoms with E-state index < -0.39 is 17.9 Å². The summed E-state index contributed by atoms with van der Waals surface area (Å²) in [5.74, 6) is -1.90. The maximum absolute atomic E-state index is 14.7. The lowest BCUT2D eigenvalue weighted by Gasteiger charge is -2.44. The number of likely N-dealkylation sites (tertiary alicyclic amines) is 1. The van der Waals surface area contributed by atoms with Crippen LogP contribution in [0.4, 0.5) is 4.39 Å². The normalized spacial score (nSPS) is 21.8. The van der Waals surface area contributed by atoms with Gasteiger partial charge in [0.1, 0.15) is 17.3 Å². The van der Waals surface area contributed by atoms with Crippen LogP contribution in [0.3, 0.4) is 0 Å². The number of piperidine rings is 1. The van der Waals surface area contributed by atoms with Gasteiger partial charge in [0.2, 0.25) is 0 Å². The molecule has 1 aliphatic heterocycles. The Balaban J connectivity index is 1.89. The molecule has 0 aromatic heterocycles. The Kier molecular flexibility index (Phi) is 7.00. The van der Waals surface area contributed by atoms with Crippen molar-refractivity contribution in [2.45, 2.75) is 31.8 Å². The molecular weight excluding hydrogens is 433 g/mol. The summed E-state index contributed by atoms with van der Waals surface area (Å²) in [5.41, 5.74) is 2.09. The standard InChI is InChI=1S/C28H29FNO4/c1-17(31)14-30-15-23(22-9-3-4-12-26(22)33)27(21-10-6-11-25(29)18(21)2)24(16-30)28(34)19-7-5-8-20(32)13-19/h3-8,10-13,17,23-24,27,31-33H,14-16H2,1-2H3/t17-,23-,24+,27-/m1/s1. The zero-order chi connectivity index (χ0) is 24.4. The number of aromatic hydroxyl groups is 2. The zero-order valence-corrected chi connectivity index (χ0v) is 19.3. The average molecular weight is 463 g/mol. The number of benzene rings is 3. The third-order valence-electron chi connectivity index (χ3n) is 6.67. The van der Waals surface area contributed by atoms with Gasteiger partial charge in [-0.2, -0.15) is 0 Å². The minimum Gasteiger partial charge on any atom is -0.508 e. The third kappa shape index (κ3) is 4.83. The number of nitrogens with zero attached hydrogens (tertiary/aromatic N) is 1. The molecule has 1 radical (unpaired) electrons. The van der Waals surface area contributed by atoms with Crippen LogP contribution in [0.5, 0.6) is 11.5 Å². The van der Waals surface area contributed by atoms with Gasteiger partial charge in [-0.3, -0.25) is 9.69 Å². The number of aliphatic hydroxyl groups is 1. The van der Waals surface area contributed by atoms with Crippen LogP contribution in [0.15, 0.2) is 60.7 Å². The van der Waals surface area contributed by atoms with Gasteiger partial charge in [0.05, 0.1) is 6.10 Å². The average Bonchev–Trinajstić information content (AvgIpc) is 2.80. The zero-order valence-electron chi connectivity index (χ0n) is 19.3. The van der Waals surface area contributed by atoms with Crippen LogP contribution < -0.4 is 0 Å². The number of hydrogen-bond acceptors (Lipinski definition) is 5. The van der Waals surface area contributed by atoms with Crippen LogP contribution in [0, 0.1) is 24.7 Å². The van der Waals surface area contributed by atoms with Crippen molar-refractivity contribution in [3.8, 4) is 11.5 Å². The first-order valence-electron chi connectivity index (χ1n) is 11.4. The Hall–Kier alpha value is -3.22. The van der Waals surface area contributed by atoms with Gasteiger partial charge < -0.3 is 15.3 Å². The van der Waals surface area contributed by atoms with Crippen LogP contribution in [-0.2, 0) is 0 Å². The van der Waals surface area contributed by atoms with Crippen molar-refractivity contribution in [3.63, 3.8) is 0 Å². The van der Waals surface area contributed by atoms with E-state index in [4.69, 9.17) is 0 Å². The quantitative estimate of drug-likeness (QED) is 0.473. The second kappa shape index (κ2) is 9.95. The van der Waals surface area contributed by atoms with Crippen molar-refractivity contribution in [3.05, 3.63) is 94.8 Å². The van der Waals surface area contributed by atoms with E-state index in [2.05, 4.69) is 6.07 Å². The molecule has 3 aromatic rings. The Morgan fingerprint density at radius 2 is 1.91 bits per heavy atom. The number of carbonyl (C=O) groups excluding carboxylic acids is 1. The van der Waals surface area contributed by atoms with Gasteiger partial charge in [0, 0.05) is 48.5 Å². The van der Waals surface area contributed by atoms with Crippen molar-refractivity contribution >= 4 is 5.78 Å². The predicted molar refractivity (Wildman–Crippen MR) is 128 cm³/mol. The second-order valence-corrected chi connectivity index (χ2v) is 9.14. The van der Waals surface area contributed by atoms with Crippen molar-refractivity contribution in [2.75, 3.05) is 19.6 Å². The highest BCUT2D eigenvalue weighted by Crippen LogP contribution is 2.47. The van der Waals surface area contributed by atoms with Crippen molar-refractivity contribution in [1.29, 1.82) is 0 Å². The number of carbonyl (C=O) groups is 1. The molecule has 4 rings (SSSR count). The fourth-order valence-electron chi connectivity index (χ4n) is 5.21. The van der Waals surface area contributed by atoms with Gasteiger partial charge in [-0.1, -0.05) is 36.4 Å². The van der Waals surface area contributed by atoms with Crippen molar-refractivity contribution in [1.82, 2.24) is 4.90 Å². The number of phenols is 2. The van der Waals surface area contributed by atoms with Crippen molar-refractivity contribution < 1.29 is 24.5 Å². The van der Waals surface area contributed by atoms with E-state index in [1.54, 1.807) is 50.2 Å². The highest BCUT2D eigenvalue weighted by atomic mass is 19.1. The second-order valence-electron chi connectivity index (χ2n) is 9.14. The third-order valence-corrected chi connectivity index (χ3v) is 6.67. The summed E-state index contributed by atoms with van der Waals surface area (Å²) in [6.07, 6.45) is -0.613. The van der Waals surface area contributed by atoms with Gasteiger partial charge in [-0.25, -0.2) is 4.39 Å². The molecular formula is C28H29FNO4. The first-order valence-corrected chi connectivity index (χ1v) is 11.4. The molecule has 0 saturated carbocycles. The summed E-state index contributed by atoms with van der Waals surface area (Å²) in [6, 6.07) is 19.2. The molecule has 3 N–H and O–H groups in total. The molecule has 177 valence electrons. The summed E-state index contributed by atoms with van der Waals surface area (Å²) in [6.45, 7) is 4.56. The van der Waals surface area contributed by atoms with Gasteiger partial charge in [0.15, 0.2) is 5.78 Å². The van der Waals surface area contributed by atoms with Crippen LogP contribution in [0.1, 0.15) is 45.8 Å². The number of phenolic OH excluding ortho intramolecular Hbond substituents is 2. The number of rotatable bonds is 6. The minimum atomic E-state index is -0.613. The van der Waals surface area contributed by atoms with Gasteiger partial charge >= 0.3 is 0 Å². The number of β-amino-alcohol motifs (C(OH)–C–C–N with tert-alkyl or cyclic N) is 1. The molecule has 5 nitrogen and oxygen atoms in total. The number of halogens is 1. The first kappa shape index (κ1) is 23.9. The first-order chi connectivity index (χ1) is 16.3. The molecule has 6 heteroatoms. The van der Waals surface area contributed by atoms with E-state index in [1.807, 2.05) is 11.0 Å². The van der Waals surface area contributed by atoms with E-state index in [1.165, 1.54) is 18.2 Å². The molecule has 34 heavy (non-hydrogen) atoms. The predicted octanol–water partition coefficient (Wildman–Crippen LogP) is 4.41. The Labute approximate surface area is 199 Å². The molecule has 1 fully saturated rings. The Morgan fingerprint density at radius 1 is 1.15 bits per heavy atom. The number of aliphatic hydroxyl groups excluding tert-OH is 1. The Morgan fingerprint density at radius 3 is 2.62 bits per heavy atom. The molecule has 3 aromatic carbocycles. The molecule has 0 unspecified atom stereocenters. The smallest absolute Gasteiger partial charge is 0.167 e. The number of Topliss-reactive ketones (excluding diaryl/α,β-unsaturated/α-hetero) is 1. The van der Waals surface area contributed by atoms with Gasteiger partial charge in [-0.05, 0) is 55.3 Å². The molecule has 0 aliphatic carbocycles. The highest BCUT2D eigenvalue weighted by molar-refractivity contribution is 5.99.